The summed E-state index contributed by atoms with van der Waals surface area (Å²) in [6.07, 6.45) is 1.41. The molecule has 1 aromatic heterocycles. The van der Waals surface area contributed by atoms with Crippen molar-refractivity contribution in [1.29, 1.82) is 5.26 Å². The molecule has 104 valence electrons. The third kappa shape index (κ3) is 2.76. The Kier molecular flexibility index (Phi) is 3.70. The molecule has 0 fully saturated rings. The summed E-state index contributed by atoms with van der Waals surface area (Å²) in [6.45, 7) is 1.70. The molecule has 0 amide bonds. The Bertz CT molecular complexity index is 786. The van der Waals surface area contributed by atoms with Crippen LogP contribution < -0.4 is 4.72 Å². The minimum absolute atomic E-state index is 0.0853. The molecular formula is C12H11ClN4O2S. The minimum atomic E-state index is -3.81. The van der Waals surface area contributed by atoms with Crippen molar-refractivity contribution < 1.29 is 8.42 Å². The predicted molar refractivity (Wildman–Crippen MR) is 74.9 cm³/mol. The van der Waals surface area contributed by atoms with Gasteiger partial charge in [-0.25, -0.2) is 4.98 Å². The zero-order valence-electron chi connectivity index (χ0n) is 10.8. The van der Waals surface area contributed by atoms with Crippen LogP contribution >= 0.6 is 11.6 Å². The third-order valence-electron chi connectivity index (χ3n) is 2.70. The topological polar surface area (TPSA) is 87.8 Å². The van der Waals surface area contributed by atoms with E-state index < -0.39 is 10.0 Å². The van der Waals surface area contributed by atoms with Gasteiger partial charge in [0.05, 0.1) is 22.3 Å². The van der Waals surface area contributed by atoms with E-state index in [2.05, 4.69) is 9.71 Å². The third-order valence-corrected chi connectivity index (χ3v) is 4.25. The maximum Gasteiger partial charge on any atom is 0.281 e. The molecule has 1 N–H and O–H groups in total. The highest BCUT2D eigenvalue weighted by Crippen LogP contribution is 2.25. The van der Waals surface area contributed by atoms with Crippen LogP contribution in [0.15, 0.2) is 29.4 Å². The number of benzene rings is 1. The number of hydrogen-bond acceptors (Lipinski definition) is 4. The molecule has 0 bridgehead atoms. The summed E-state index contributed by atoms with van der Waals surface area (Å²) in [6, 6.07) is 6.23. The molecule has 0 atom stereocenters. The van der Waals surface area contributed by atoms with Gasteiger partial charge in [-0.2, -0.15) is 13.7 Å². The highest BCUT2D eigenvalue weighted by molar-refractivity contribution is 7.92. The Labute approximate surface area is 121 Å². The van der Waals surface area contributed by atoms with Gasteiger partial charge in [0.15, 0.2) is 5.03 Å². The molecule has 0 aliphatic heterocycles. The first-order chi connectivity index (χ1) is 9.33. The van der Waals surface area contributed by atoms with Crippen molar-refractivity contribution in [3.8, 4) is 6.07 Å². The van der Waals surface area contributed by atoms with Crippen molar-refractivity contribution in [3.63, 3.8) is 0 Å². The zero-order valence-corrected chi connectivity index (χ0v) is 12.3. The SMILES string of the molecule is Cc1nc(S(=O)(=O)Nc2ccc(C#N)cc2Cl)cn1C. The molecule has 20 heavy (non-hydrogen) atoms. The second-order valence-corrected chi connectivity index (χ2v) is 6.19. The number of aromatic nitrogens is 2. The van der Waals surface area contributed by atoms with E-state index in [0.717, 1.165) is 0 Å². The molecule has 0 unspecified atom stereocenters. The van der Waals surface area contributed by atoms with E-state index in [0.29, 0.717) is 11.4 Å². The van der Waals surface area contributed by atoms with Gasteiger partial charge in [0, 0.05) is 13.2 Å². The smallest absolute Gasteiger partial charge is 0.281 e. The summed E-state index contributed by atoms with van der Waals surface area (Å²) in [5.74, 6) is 0.580. The summed E-state index contributed by atoms with van der Waals surface area (Å²) >= 11 is 5.93. The van der Waals surface area contributed by atoms with E-state index in [-0.39, 0.29) is 15.7 Å². The van der Waals surface area contributed by atoms with Gasteiger partial charge < -0.3 is 4.57 Å². The van der Waals surface area contributed by atoms with Crippen molar-refractivity contribution in [1.82, 2.24) is 9.55 Å². The van der Waals surface area contributed by atoms with Crippen molar-refractivity contribution in [2.24, 2.45) is 7.05 Å². The second kappa shape index (κ2) is 5.15. The van der Waals surface area contributed by atoms with Crippen LogP contribution in [0.4, 0.5) is 5.69 Å². The van der Waals surface area contributed by atoms with Crippen molar-refractivity contribution in [2.75, 3.05) is 4.72 Å². The molecule has 2 aromatic rings. The van der Waals surface area contributed by atoms with Gasteiger partial charge in [0.2, 0.25) is 0 Å². The lowest BCUT2D eigenvalue weighted by Gasteiger charge is -2.07. The van der Waals surface area contributed by atoms with E-state index in [1.165, 1.54) is 24.4 Å². The number of hydrogen-bond donors (Lipinski definition) is 1. The van der Waals surface area contributed by atoms with E-state index >= 15 is 0 Å². The average Bonchev–Trinajstić information content (AvgIpc) is 2.73. The monoisotopic (exact) mass is 310 g/mol. The summed E-state index contributed by atoms with van der Waals surface area (Å²) in [5.41, 5.74) is 0.556. The van der Waals surface area contributed by atoms with Gasteiger partial charge in [-0.05, 0) is 25.1 Å². The van der Waals surface area contributed by atoms with E-state index in [1.54, 1.807) is 18.5 Å². The summed E-state index contributed by atoms with van der Waals surface area (Å²) in [5, 5.41) is 8.80. The first-order valence-electron chi connectivity index (χ1n) is 5.56. The molecule has 2 rings (SSSR count). The van der Waals surface area contributed by atoms with Gasteiger partial charge in [0.25, 0.3) is 10.0 Å². The lowest BCUT2D eigenvalue weighted by molar-refractivity contribution is 0.598. The van der Waals surface area contributed by atoms with Gasteiger partial charge >= 0.3 is 0 Å². The van der Waals surface area contributed by atoms with Crippen molar-refractivity contribution in [2.45, 2.75) is 11.9 Å². The number of nitriles is 1. The Hall–Kier alpha value is -2.04. The van der Waals surface area contributed by atoms with Crippen LogP contribution in [0.2, 0.25) is 5.02 Å². The van der Waals surface area contributed by atoms with Crippen LogP contribution in [0, 0.1) is 18.3 Å². The van der Waals surface area contributed by atoms with Crippen molar-refractivity contribution >= 4 is 27.3 Å². The largest absolute Gasteiger partial charge is 0.337 e. The molecule has 0 aliphatic rings. The van der Waals surface area contributed by atoms with Crippen LogP contribution in [-0.4, -0.2) is 18.0 Å². The summed E-state index contributed by atoms with van der Waals surface area (Å²) in [4.78, 5) is 3.96. The zero-order chi connectivity index (χ0) is 14.9. The fraction of sp³-hybridized carbons (Fsp3) is 0.167. The molecule has 6 nitrogen and oxygen atoms in total. The number of sulfonamides is 1. The Balaban J connectivity index is 2.36. The summed E-state index contributed by atoms with van der Waals surface area (Å²) < 4.78 is 28.3. The number of anilines is 1. The molecule has 0 saturated carbocycles. The minimum Gasteiger partial charge on any atom is -0.337 e. The van der Waals surface area contributed by atoms with Crippen LogP contribution in [0.5, 0.6) is 0 Å². The Morgan fingerprint density at radius 3 is 2.65 bits per heavy atom. The number of nitrogens with one attached hydrogen (secondary N) is 1. The molecule has 1 aromatic carbocycles. The number of rotatable bonds is 3. The molecule has 8 heteroatoms. The lowest BCUT2D eigenvalue weighted by atomic mass is 10.2. The highest BCUT2D eigenvalue weighted by atomic mass is 35.5. The first kappa shape index (κ1) is 14.4. The van der Waals surface area contributed by atoms with Gasteiger partial charge in [-0.3, -0.25) is 4.72 Å². The predicted octanol–water partition coefficient (Wildman–Crippen LogP) is 2.05. The highest BCUT2D eigenvalue weighted by Gasteiger charge is 2.19. The van der Waals surface area contributed by atoms with Gasteiger partial charge in [-0.15, -0.1) is 0 Å². The van der Waals surface area contributed by atoms with Gasteiger partial charge in [0.1, 0.15) is 5.82 Å². The normalized spacial score (nSPS) is 11.1. The Morgan fingerprint density at radius 2 is 2.15 bits per heavy atom. The molecular weight excluding hydrogens is 300 g/mol. The Morgan fingerprint density at radius 1 is 1.45 bits per heavy atom. The number of aryl methyl sites for hydroxylation is 2. The van der Waals surface area contributed by atoms with E-state index in [9.17, 15) is 8.42 Å². The molecule has 0 radical (unpaired) electrons. The fourth-order valence-electron chi connectivity index (χ4n) is 1.52. The van der Waals surface area contributed by atoms with Gasteiger partial charge in [-0.1, -0.05) is 11.6 Å². The standard InChI is InChI=1S/C12H11ClN4O2S/c1-8-15-12(7-17(8)2)20(18,19)16-11-4-3-9(6-14)5-10(11)13/h3-5,7,16H,1-2H3. The van der Waals surface area contributed by atoms with Crippen LogP contribution in [0.25, 0.3) is 0 Å². The average molecular weight is 311 g/mol. The van der Waals surface area contributed by atoms with Crippen LogP contribution in [-0.2, 0) is 17.1 Å². The molecule has 0 spiro atoms. The molecule has 0 aliphatic carbocycles. The quantitative estimate of drug-likeness (QED) is 0.939. The van der Waals surface area contributed by atoms with Crippen LogP contribution in [0.3, 0.4) is 0 Å². The van der Waals surface area contributed by atoms with Crippen LogP contribution in [0.1, 0.15) is 11.4 Å². The fourth-order valence-corrected chi connectivity index (χ4v) is 2.93. The van der Waals surface area contributed by atoms with Crippen molar-refractivity contribution in [3.05, 3.63) is 40.8 Å². The second-order valence-electron chi connectivity index (χ2n) is 4.15. The number of halogens is 1. The number of imidazole rings is 1. The maximum absolute atomic E-state index is 12.2. The molecule has 0 saturated heterocycles. The molecule has 1 heterocycles. The first-order valence-corrected chi connectivity index (χ1v) is 7.42. The number of nitrogens with zero attached hydrogens (tertiary/aromatic N) is 3. The summed E-state index contributed by atoms with van der Waals surface area (Å²) in [7, 11) is -2.10. The maximum atomic E-state index is 12.2. The van der Waals surface area contributed by atoms with E-state index in [4.69, 9.17) is 16.9 Å². The van der Waals surface area contributed by atoms with E-state index in [1.807, 2.05) is 6.07 Å². The lowest BCUT2D eigenvalue weighted by Crippen LogP contribution is -2.13.